The standard InChI is InChI=1S/C17H20ClN3O2/c1-11(2)23-16-15(18)9-14(10-20-16)17(22)21(4)12(3)13-5-7-19-8-6-13/h5-12H,1-4H3. The van der Waals surface area contributed by atoms with Gasteiger partial charge >= 0.3 is 0 Å². The van der Waals surface area contributed by atoms with Crippen molar-refractivity contribution in [3.8, 4) is 5.88 Å². The summed E-state index contributed by atoms with van der Waals surface area (Å²) in [6.45, 7) is 5.74. The Labute approximate surface area is 141 Å². The van der Waals surface area contributed by atoms with E-state index >= 15 is 0 Å². The Bertz CT molecular complexity index is 677. The molecule has 0 aliphatic heterocycles. The molecule has 0 N–H and O–H groups in total. The number of amides is 1. The van der Waals surface area contributed by atoms with Crippen LogP contribution in [0, 0.1) is 0 Å². The van der Waals surface area contributed by atoms with E-state index in [1.165, 1.54) is 6.20 Å². The number of hydrogen-bond acceptors (Lipinski definition) is 4. The maximum Gasteiger partial charge on any atom is 0.255 e. The minimum absolute atomic E-state index is 0.0315. The van der Waals surface area contributed by atoms with Crippen molar-refractivity contribution in [1.82, 2.24) is 14.9 Å². The van der Waals surface area contributed by atoms with Crippen LogP contribution >= 0.6 is 11.6 Å². The van der Waals surface area contributed by atoms with Gasteiger partial charge in [0, 0.05) is 25.6 Å². The van der Waals surface area contributed by atoms with Crippen LogP contribution in [0.25, 0.3) is 0 Å². The Balaban J connectivity index is 2.18. The minimum atomic E-state index is -0.153. The quantitative estimate of drug-likeness (QED) is 0.836. The van der Waals surface area contributed by atoms with Crippen molar-refractivity contribution in [2.45, 2.75) is 32.9 Å². The molecule has 122 valence electrons. The molecule has 2 aromatic rings. The fourth-order valence-corrected chi connectivity index (χ4v) is 2.31. The van der Waals surface area contributed by atoms with Crippen molar-refractivity contribution < 1.29 is 9.53 Å². The third-order valence-electron chi connectivity index (χ3n) is 3.49. The predicted molar refractivity (Wildman–Crippen MR) is 89.8 cm³/mol. The number of carbonyl (C=O) groups is 1. The van der Waals surface area contributed by atoms with Crippen LogP contribution in [0.2, 0.25) is 5.02 Å². The molecule has 0 saturated heterocycles. The third-order valence-corrected chi connectivity index (χ3v) is 3.76. The van der Waals surface area contributed by atoms with Crippen LogP contribution in [0.3, 0.4) is 0 Å². The van der Waals surface area contributed by atoms with Crippen LogP contribution in [-0.2, 0) is 0 Å². The van der Waals surface area contributed by atoms with E-state index in [4.69, 9.17) is 16.3 Å². The van der Waals surface area contributed by atoms with Crippen LogP contribution in [-0.4, -0.2) is 33.9 Å². The smallest absolute Gasteiger partial charge is 0.255 e. The lowest BCUT2D eigenvalue weighted by Gasteiger charge is -2.25. The Hall–Kier alpha value is -2.14. The first-order valence-corrected chi connectivity index (χ1v) is 7.77. The Morgan fingerprint density at radius 3 is 2.48 bits per heavy atom. The Morgan fingerprint density at radius 1 is 1.26 bits per heavy atom. The topological polar surface area (TPSA) is 55.3 Å². The van der Waals surface area contributed by atoms with Gasteiger partial charge < -0.3 is 9.64 Å². The average molecular weight is 334 g/mol. The van der Waals surface area contributed by atoms with Crippen LogP contribution in [0.4, 0.5) is 0 Å². The van der Waals surface area contributed by atoms with Gasteiger partial charge in [-0.2, -0.15) is 0 Å². The zero-order valence-corrected chi connectivity index (χ0v) is 14.4. The first kappa shape index (κ1) is 17.2. The van der Waals surface area contributed by atoms with Gasteiger partial charge in [0.25, 0.3) is 5.91 Å². The number of rotatable bonds is 5. The molecule has 0 spiro atoms. The predicted octanol–water partition coefficient (Wildman–Crippen LogP) is 3.75. The van der Waals surface area contributed by atoms with E-state index in [0.29, 0.717) is 16.5 Å². The van der Waals surface area contributed by atoms with E-state index in [1.54, 1.807) is 30.4 Å². The molecule has 1 atom stereocenters. The number of carbonyl (C=O) groups excluding carboxylic acids is 1. The van der Waals surface area contributed by atoms with Gasteiger partial charge in [0.2, 0.25) is 5.88 Å². The van der Waals surface area contributed by atoms with Gasteiger partial charge in [-0.1, -0.05) is 11.6 Å². The van der Waals surface area contributed by atoms with E-state index < -0.39 is 0 Å². The first-order chi connectivity index (χ1) is 10.9. The molecule has 6 heteroatoms. The average Bonchev–Trinajstić information content (AvgIpc) is 2.55. The summed E-state index contributed by atoms with van der Waals surface area (Å²) in [4.78, 5) is 22.4. The zero-order chi connectivity index (χ0) is 17.0. The Kier molecular flexibility index (Phi) is 5.55. The van der Waals surface area contributed by atoms with Crippen molar-refractivity contribution >= 4 is 17.5 Å². The van der Waals surface area contributed by atoms with Gasteiger partial charge in [-0.25, -0.2) is 4.98 Å². The summed E-state index contributed by atoms with van der Waals surface area (Å²) in [7, 11) is 1.75. The molecule has 2 heterocycles. The normalized spacial score (nSPS) is 12.1. The summed E-state index contributed by atoms with van der Waals surface area (Å²) in [6, 6.07) is 5.28. The Morgan fingerprint density at radius 2 is 1.91 bits per heavy atom. The molecule has 0 bridgehead atoms. The molecule has 0 radical (unpaired) electrons. The van der Waals surface area contributed by atoms with Gasteiger partial charge in [0.05, 0.1) is 17.7 Å². The number of nitrogens with zero attached hydrogens (tertiary/aromatic N) is 3. The lowest BCUT2D eigenvalue weighted by atomic mass is 10.1. The molecule has 1 unspecified atom stereocenters. The van der Waals surface area contributed by atoms with Crippen molar-refractivity contribution in [2.24, 2.45) is 0 Å². The number of ether oxygens (including phenoxy) is 1. The largest absolute Gasteiger partial charge is 0.474 e. The second-order valence-electron chi connectivity index (χ2n) is 5.55. The molecule has 2 rings (SSSR count). The van der Waals surface area contributed by atoms with Crippen molar-refractivity contribution in [3.63, 3.8) is 0 Å². The van der Waals surface area contributed by atoms with Gasteiger partial charge in [0.1, 0.15) is 5.02 Å². The highest BCUT2D eigenvalue weighted by Gasteiger charge is 2.20. The SMILES string of the molecule is CC(C)Oc1ncc(C(=O)N(C)C(C)c2ccncc2)cc1Cl. The van der Waals surface area contributed by atoms with Gasteiger partial charge in [-0.15, -0.1) is 0 Å². The molecule has 0 aliphatic rings. The lowest BCUT2D eigenvalue weighted by molar-refractivity contribution is 0.0742. The highest BCUT2D eigenvalue weighted by molar-refractivity contribution is 6.32. The molecular formula is C17H20ClN3O2. The second-order valence-corrected chi connectivity index (χ2v) is 5.96. The molecule has 5 nitrogen and oxygen atoms in total. The molecule has 0 fully saturated rings. The van der Waals surface area contributed by atoms with Crippen molar-refractivity contribution in [3.05, 3.63) is 52.9 Å². The lowest BCUT2D eigenvalue weighted by Crippen LogP contribution is -2.29. The summed E-state index contributed by atoms with van der Waals surface area (Å²) in [5.74, 6) is 0.183. The van der Waals surface area contributed by atoms with Crippen LogP contribution < -0.4 is 4.74 Å². The number of aromatic nitrogens is 2. The first-order valence-electron chi connectivity index (χ1n) is 7.39. The van der Waals surface area contributed by atoms with E-state index in [9.17, 15) is 4.79 Å². The van der Waals surface area contributed by atoms with E-state index in [2.05, 4.69) is 9.97 Å². The van der Waals surface area contributed by atoms with Gasteiger partial charge in [-0.3, -0.25) is 9.78 Å². The van der Waals surface area contributed by atoms with E-state index in [0.717, 1.165) is 5.56 Å². The molecule has 0 saturated carbocycles. The summed E-state index contributed by atoms with van der Waals surface area (Å²) in [5, 5.41) is 0.328. The second kappa shape index (κ2) is 7.42. The number of hydrogen-bond donors (Lipinski definition) is 0. The van der Waals surface area contributed by atoms with Crippen LogP contribution in [0.5, 0.6) is 5.88 Å². The van der Waals surface area contributed by atoms with Gasteiger partial charge in [-0.05, 0) is 44.5 Å². The van der Waals surface area contributed by atoms with Crippen LogP contribution in [0.15, 0.2) is 36.8 Å². The molecule has 0 aliphatic carbocycles. The zero-order valence-electron chi connectivity index (χ0n) is 13.7. The van der Waals surface area contributed by atoms with E-state index in [1.807, 2.05) is 32.9 Å². The number of pyridine rings is 2. The summed E-state index contributed by atoms with van der Waals surface area (Å²) in [6.07, 6.45) is 4.87. The van der Waals surface area contributed by atoms with Crippen molar-refractivity contribution in [2.75, 3.05) is 7.05 Å². The summed E-state index contributed by atoms with van der Waals surface area (Å²) >= 11 is 6.15. The minimum Gasteiger partial charge on any atom is -0.474 e. The van der Waals surface area contributed by atoms with E-state index in [-0.39, 0.29) is 18.1 Å². The maximum atomic E-state index is 12.6. The molecule has 2 aromatic heterocycles. The summed E-state index contributed by atoms with van der Waals surface area (Å²) in [5.41, 5.74) is 1.43. The van der Waals surface area contributed by atoms with Crippen LogP contribution in [0.1, 0.15) is 42.7 Å². The van der Waals surface area contributed by atoms with Gasteiger partial charge in [0.15, 0.2) is 0 Å². The monoisotopic (exact) mass is 333 g/mol. The highest BCUT2D eigenvalue weighted by atomic mass is 35.5. The third kappa shape index (κ3) is 4.20. The number of halogens is 1. The maximum absolute atomic E-state index is 12.6. The fourth-order valence-electron chi connectivity index (χ4n) is 2.10. The molecule has 1 amide bonds. The molecular weight excluding hydrogens is 314 g/mol. The molecule has 23 heavy (non-hydrogen) atoms. The highest BCUT2D eigenvalue weighted by Crippen LogP contribution is 2.25. The van der Waals surface area contributed by atoms with Crippen molar-refractivity contribution in [1.29, 1.82) is 0 Å². The molecule has 0 aromatic carbocycles. The summed E-state index contributed by atoms with van der Waals surface area (Å²) < 4.78 is 5.48. The fraction of sp³-hybridized carbons (Fsp3) is 0.353.